The minimum Gasteiger partial charge on any atom is -0.381 e. The summed E-state index contributed by atoms with van der Waals surface area (Å²) in [5.74, 6) is 0. The molecule has 0 N–H and O–H groups in total. The van der Waals surface area contributed by atoms with Gasteiger partial charge in [0.15, 0.2) is 0 Å². The van der Waals surface area contributed by atoms with E-state index in [1.54, 1.807) is 0 Å². The van der Waals surface area contributed by atoms with Crippen molar-refractivity contribution in [3.8, 4) is 0 Å². The van der Waals surface area contributed by atoms with Crippen LogP contribution in [0.15, 0.2) is 0 Å². The summed E-state index contributed by atoms with van der Waals surface area (Å²) < 4.78 is 11.0. The van der Waals surface area contributed by atoms with E-state index in [4.69, 9.17) is 9.47 Å². The second-order valence-corrected chi connectivity index (χ2v) is 3.86. The fraction of sp³-hybridized carbons (Fsp3) is 1.00. The molecule has 0 aromatic carbocycles. The summed E-state index contributed by atoms with van der Waals surface area (Å²) in [5.41, 5.74) is 0.342. The van der Waals surface area contributed by atoms with E-state index in [0.29, 0.717) is 11.5 Å². The lowest BCUT2D eigenvalue weighted by Gasteiger charge is -2.38. The third kappa shape index (κ3) is 2.20. The van der Waals surface area contributed by atoms with Gasteiger partial charge in [0.1, 0.15) is 0 Å². The van der Waals surface area contributed by atoms with Crippen LogP contribution in [-0.4, -0.2) is 25.9 Å². The molecule has 72 valence electrons. The van der Waals surface area contributed by atoms with E-state index in [-0.39, 0.29) is 0 Å². The monoisotopic (exact) mass is 172 g/mol. The zero-order valence-electron chi connectivity index (χ0n) is 8.43. The molecule has 0 bridgehead atoms. The summed E-state index contributed by atoms with van der Waals surface area (Å²) in [6.45, 7) is 9.14. The summed E-state index contributed by atoms with van der Waals surface area (Å²) in [5, 5.41) is 0. The predicted octanol–water partition coefficient (Wildman–Crippen LogP) is 2.23. The summed E-state index contributed by atoms with van der Waals surface area (Å²) in [4.78, 5) is 0. The van der Waals surface area contributed by atoms with Crippen LogP contribution in [0.4, 0.5) is 0 Å². The van der Waals surface area contributed by atoms with Crippen LogP contribution in [0.3, 0.4) is 0 Å². The molecular formula is C10H20O2. The highest BCUT2D eigenvalue weighted by Gasteiger charge is 2.33. The lowest BCUT2D eigenvalue weighted by molar-refractivity contribution is -0.0735. The molecule has 12 heavy (non-hydrogen) atoms. The van der Waals surface area contributed by atoms with E-state index in [0.717, 1.165) is 32.7 Å². The molecule has 0 aliphatic carbocycles. The molecule has 1 aliphatic heterocycles. The highest BCUT2D eigenvalue weighted by atomic mass is 16.5. The van der Waals surface area contributed by atoms with Crippen molar-refractivity contribution < 1.29 is 9.47 Å². The molecule has 1 heterocycles. The van der Waals surface area contributed by atoms with Gasteiger partial charge < -0.3 is 9.47 Å². The molecule has 0 spiro atoms. The van der Waals surface area contributed by atoms with Crippen molar-refractivity contribution in [2.24, 2.45) is 5.41 Å². The Morgan fingerprint density at radius 2 is 2.00 bits per heavy atom. The second kappa shape index (κ2) is 4.24. The van der Waals surface area contributed by atoms with Crippen molar-refractivity contribution in [3.63, 3.8) is 0 Å². The summed E-state index contributed by atoms with van der Waals surface area (Å²) >= 11 is 0. The predicted molar refractivity (Wildman–Crippen MR) is 49.2 cm³/mol. The molecule has 0 amide bonds. The van der Waals surface area contributed by atoms with Gasteiger partial charge in [-0.1, -0.05) is 6.92 Å². The standard InChI is InChI=1S/C10H20O2/c1-4-12-9(2)10(3)5-7-11-8-6-10/h9H,4-8H2,1-3H3. The van der Waals surface area contributed by atoms with Gasteiger partial charge in [-0.2, -0.15) is 0 Å². The Hall–Kier alpha value is -0.0800. The van der Waals surface area contributed by atoms with Crippen LogP contribution in [0.1, 0.15) is 33.6 Å². The van der Waals surface area contributed by atoms with Gasteiger partial charge in [0.25, 0.3) is 0 Å². The van der Waals surface area contributed by atoms with Gasteiger partial charge in [-0.15, -0.1) is 0 Å². The van der Waals surface area contributed by atoms with Crippen molar-refractivity contribution in [2.75, 3.05) is 19.8 Å². The van der Waals surface area contributed by atoms with Gasteiger partial charge in [0, 0.05) is 19.8 Å². The van der Waals surface area contributed by atoms with Crippen LogP contribution >= 0.6 is 0 Å². The average Bonchev–Trinajstić information content (AvgIpc) is 2.06. The third-order valence-corrected chi connectivity index (χ3v) is 3.03. The summed E-state index contributed by atoms with van der Waals surface area (Å²) in [6, 6.07) is 0. The molecule has 0 aromatic heterocycles. The molecule has 1 atom stereocenters. The minimum absolute atomic E-state index is 0.342. The van der Waals surface area contributed by atoms with Crippen LogP contribution < -0.4 is 0 Å². The molecule has 0 radical (unpaired) electrons. The van der Waals surface area contributed by atoms with Crippen molar-refractivity contribution in [1.29, 1.82) is 0 Å². The Bertz CT molecular complexity index is 128. The van der Waals surface area contributed by atoms with E-state index in [2.05, 4.69) is 20.8 Å². The zero-order chi connectivity index (χ0) is 9.03. The molecule has 1 unspecified atom stereocenters. The van der Waals surface area contributed by atoms with Crippen LogP contribution in [0.25, 0.3) is 0 Å². The summed E-state index contributed by atoms with van der Waals surface area (Å²) in [6.07, 6.45) is 2.63. The Kier molecular flexibility index (Phi) is 3.53. The fourth-order valence-corrected chi connectivity index (χ4v) is 1.70. The average molecular weight is 172 g/mol. The first-order chi connectivity index (χ1) is 5.69. The van der Waals surface area contributed by atoms with E-state index in [1.807, 2.05) is 0 Å². The molecule has 1 saturated heterocycles. The fourth-order valence-electron chi connectivity index (χ4n) is 1.70. The van der Waals surface area contributed by atoms with Crippen molar-refractivity contribution in [2.45, 2.75) is 39.7 Å². The highest BCUT2D eigenvalue weighted by Crippen LogP contribution is 2.34. The maximum absolute atomic E-state index is 5.63. The number of hydrogen-bond acceptors (Lipinski definition) is 2. The normalized spacial score (nSPS) is 25.2. The molecule has 1 rings (SSSR count). The van der Waals surface area contributed by atoms with Gasteiger partial charge in [-0.05, 0) is 32.1 Å². The molecular weight excluding hydrogens is 152 g/mol. The second-order valence-electron chi connectivity index (χ2n) is 3.86. The Labute approximate surface area is 75.2 Å². The highest BCUT2D eigenvalue weighted by molar-refractivity contribution is 4.82. The van der Waals surface area contributed by atoms with Gasteiger partial charge in [0.05, 0.1) is 6.10 Å². The van der Waals surface area contributed by atoms with Crippen molar-refractivity contribution >= 4 is 0 Å². The quantitative estimate of drug-likeness (QED) is 0.650. The van der Waals surface area contributed by atoms with Crippen LogP contribution in [0, 0.1) is 5.41 Å². The van der Waals surface area contributed by atoms with E-state index in [9.17, 15) is 0 Å². The van der Waals surface area contributed by atoms with E-state index in [1.165, 1.54) is 0 Å². The van der Waals surface area contributed by atoms with Gasteiger partial charge >= 0.3 is 0 Å². The van der Waals surface area contributed by atoms with E-state index < -0.39 is 0 Å². The first-order valence-corrected chi connectivity index (χ1v) is 4.88. The van der Waals surface area contributed by atoms with Crippen LogP contribution in [0.2, 0.25) is 0 Å². The van der Waals surface area contributed by atoms with Crippen LogP contribution in [-0.2, 0) is 9.47 Å². The summed E-state index contributed by atoms with van der Waals surface area (Å²) in [7, 11) is 0. The SMILES string of the molecule is CCOC(C)C1(C)CCOCC1. The largest absolute Gasteiger partial charge is 0.381 e. The number of rotatable bonds is 3. The smallest absolute Gasteiger partial charge is 0.0602 e. The molecule has 1 aliphatic rings. The lowest BCUT2D eigenvalue weighted by Crippen LogP contribution is -2.37. The molecule has 0 saturated carbocycles. The Morgan fingerprint density at radius 3 is 2.50 bits per heavy atom. The maximum Gasteiger partial charge on any atom is 0.0602 e. The Balaban J connectivity index is 2.44. The van der Waals surface area contributed by atoms with Gasteiger partial charge in [-0.25, -0.2) is 0 Å². The zero-order valence-corrected chi connectivity index (χ0v) is 8.43. The number of hydrogen-bond donors (Lipinski definition) is 0. The van der Waals surface area contributed by atoms with Crippen LogP contribution in [0.5, 0.6) is 0 Å². The van der Waals surface area contributed by atoms with Crippen molar-refractivity contribution in [1.82, 2.24) is 0 Å². The van der Waals surface area contributed by atoms with Gasteiger partial charge in [-0.3, -0.25) is 0 Å². The topological polar surface area (TPSA) is 18.5 Å². The first-order valence-electron chi connectivity index (χ1n) is 4.88. The third-order valence-electron chi connectivity index (χ3n) is 3.03. The molecule has 0 aromatic rings. The number of ether oxygens (including phenoxy) is 2. The van der Waals surface area contributed by atoms with E-state index >= 15 is 0 Å². The molecule has 2 nitrogen and oxygen atoms in total. The molecule has 1 fully saturated rings. The lowest BCUT2D eigenvalue weighted by atomic mass is 9.78. The Morgan fingerprint density at radius 1 is 1.42 bits per heavy atom. The molecule has 2 heteroatoms. The van der Waals surface area contributed by atoms with Crippen molar-refractivity contribution in [3.05, 3.63) is 0 Å². The minimum atomic E-state index is 0.342. The van der Waals surface area contributed by atoms with Gasteiger partial charge in [0.2, 0.25) is 0 Å². The first kappa shape index (κ1) is 10.0. The maximum atomic E-state index is 5.63.